The van der Waals surface area contributed by atoms with Gasteiger partial charge in [0.1, 0.15) is 11.6 Å². The molecule has 0 bridgehead atoms. The standard InChI is InChI=1S/C22H21FN2O3/c23-18-7-3-2-6-17(18)20-13-25-22(28-20)10-9-21(26)24-12-15-11-16-5-1-4-8-19(16)27-14-15/h1-8,13,15H,9-12,14H2,(H,24,26). The van der Waals surface area contributed by atoms with Gasteiger partial charge in [-0.25, -0.2) is 9.37 Å². The fourth-order valence-electron chi connectivity index (χ4n) is 3.30. The molecule has 1 atom stereocenters. The molecule has 28 heavy (non-hydrogen) atoms. The highest BCUT2D eigenvalue weighted by Gasteiger charge is 2.20. The van der Waals surface area contributed by atoms with E-state index in [2.05, 4.69) is 16.4 Å². The third-order valence-corrected chi connectivity index (χ3v) is 4.80. The third kappa shape index (κ3) is 4.22. The number of nitrogens with one attached hydrogen (secondary N) is 1. The number of hydrogen-bond donors (Lipinski definition) is 1. The SMILES string of the molecule is O=C(CCc1ncc(-c2ccccc2F)o1)NCC1COc2ccccc2C1. The molecule has 0 saturated heterocycles. The summed E-state index contributed by atoms with van der Waals surface area (Å²) in [6, 6.07) is 14.3. The summed E-state index contributed by atoms with van der Waals surface area (Å²) < 4.78 is 25.1. The number of carbonyl (C=O) groups excluding carboxylic acids is 1. The van der Waals surface area contributed by atoms with Gasteiger partial charge in [-0.05, 0) is 30.2 Å². The molecule has 3 aromatic rings. The van der Waals surface area contributed by atoms with E-state index in [9.17, 15) is 9.18 Å². The van der Waals surface area contributed by atoms with Crippen LogP contribution in [0.3, 0.4) is 0 Å². The Kier molecular flexibility index (Phi) is 5.37. The highest BCUT2D eigenvalue weighted by molar-refractivity contribution is 5.76. The molecule has 0 saturated carbocycles. The molecule has 1 aliphatic heterocycles. The van der Waals surface area contributed by atoms with Crippen molar-refractivity contribution in [2.75, 3.05) is 13.2 Å². The number of rotatable bonds is 6. The molecule has 1 aromatic heterocycles. The number of aryl methyl sites for hydroxylation is 1. The minimum Gasteiger partial charge on any atom is -0.493 e. The minimum atomic E-state index is -0.362. The van der Waals surface area contributed by atoms with Crippen LogP contribution >= 0.6 is 0 Å². The first-order chi connectivity index (χ1) is 13.7. The highest BCUT2D eigenvalue weighted by Crippen LogP contribution is 2.26. The Labute approximate surface area is 162 Å². The van der Waals surface area contributed by atoms with Crippen molar-refractivity contribution in [3.05, 3.63) is 72.0 Å². The van der Waals surface area contributed by atoms with Crippen LogP contribution in [0.2, 0.25) is 0 Å². The van der Waals surface area contributed by atoms with Crippen LogP contribution in [0, 0.1) is 11.7 Å². The Balaban J connectivity index is 1.25. The lowest BCUT2D eigenvalue weighted by Gasteiger charge is -2.25. The normalized spacial score (nSPS) is 15.5. The van der Waals surface area contributed by atoms with E-state index < -0.39 is 0 Å². The second-order valence-corrected chi connectivity index (χ2v) is 6.89. The Morgan fingerprint density at radius 2 is 2.00 bits per heavy atom. The van der Waals surface area contributed by atoms with Crippen molar-refractivity contribution >= 4 is 5.91 Å². The van der Waals surface area contributed by atoms with Crippen molar-refractivity contribution < 1.29 is 18.3 Å². The van der Waals surface area contributed by atoms with Crippen LogP contribution < -0.4 is 10.1 Å². The van der Waals surface area contributed by atoms with Gasteiger partial charge in [-0.2, -0.15) is 0 Å². The summed E-state index contributed by atoms with van der Waals surface area (Å²) in [6.07, 6.45) is 3.01. The Hall–Kier alpha value is -3.15. The number of oxazole rings is 1. The Morgan fingerprint density at radius 3 is 2.89 bits per heavy atom. The monoisotopic (exact) mass is 380 g/mol. The Morgan fingerprint density at radius 1 is 1.18 bits per heavy atom. The molecule has 2 aromatic carbocycles. The maximum Gasteiger partial charge on any atom is 0.220 e. The number of carbonyl (C=O) groups is 1. The molecule has 6 heteroatoms. The number of halogens is 1. The van der Waals surface area contributed by atoms with E-state index >= 15 is 0 Å². The minimum absolute atomic E-state index is 0.0653. The van der Waals surface area contributed by atoms with Crippen LogP contribution in [0.25, 0.3) is 11.3 Å². The molecule has 4 rings (SSSR count). The summed E-state index contributed by atoms with van der Waals surface area (Å²) in [4.78, 5) is 16.3. The van der Waals surface area contributed by atoms with Crippen LogP contribution in [0.5, 0.6) is 5.75 Å². The smallest absolute Gasteiger partial charge is 0.220 e. The van der Waals surface area contributed by atoms with E-state index in [1.165, 1.54) is 17.8 Å². The van der Waals surface area contributed by atoms with Gasteiger partial charge in [-0.1, -0.05) is 30.3 Å². The van der Waals surface area contributed by atoms with Crippen molar-refractivity contribution in [1.29, 1.82) is 0 Å². The van der Waals surface area contributed by atoms with Crippen molar-refractivity contribution in [3.63, 3.8) is 0 Å². The van der Waals surface area contributed by atoms with Gasteiger partial charge in [0.25, 0.3) is 0 Å². The summed E-state index contributed by atoms with van der Waals surface area (Å²) in [7, 11) is 0. The first-order valence-electron chi connectivity index (χ1n) is 9.36. The lowest BCUT2D eigenvalue weighted by molar-refractivity contribution is -0.121. The molecule has 0 spiro atoms. The van der Waals surface area contributed by atoms with Crippen LogP contribution in [-0.2, 0) is 17.6 Å². The number of benzene rings is 2. The predicted octanol–water partition coefficient (Wildman–Crippen LogP) is 3.78. The fraction of sp³-hybridized carbons (Fsp3) is 0.273. The number of para-hydroxylation sites is 1. The van der Waals surface area contributed by atoms with Gasteiger partial charge in [-0.15, -0.1) is 0 Å². The zero-order valence-corrected chi connectivity index (χ0v) is 15.4. The molecule has 1 amide bonds. The maximum absolute atomic E-state index is 13.8. The zero-order chi connectivity index (χ0) is 19.3. The summed E-state index contributed by atoms with van der Waals surface area (Å²) in [6.45, 7) is 1.17. The van der Waals surface area contributed by atoms with Crippen molar-refractivity contribution in [2.24, 2.45) is 5.92 Å². The van der Waals surface area contributed by atoms with Gasteiger partial charge >= 0.3 is 0 Å². The van der Waals surface area contributed by atoms with Crippen LogP contribution in [0.15, 0.2) is 59.1 Å². The molecule has 144 valence electrons. The van der Waals surface area contributed by atoms with E-state index in [-0.39, 0.29) is 24.1 Å². The van der Waals surface area contributed by atoms with E-state index in [4.69, 9.17) is 9.15 Å². The number of hydrogen-bond acceptors (Lipinski definition) is 4. The molecule has 2 heterocycles. The number of nitrogens with zero attached hydrogens (tertiary/aromatic N) is 1. The lowest BCUT2D eigenvalue weighted by Crippen LogP contribution is -2.34. The first-order valence-corrected chi connectivity index (χ1v) is 9.36. The molecule has 0 fully saturated rings. The van der Waals surface area contributed by atoms with Crippen LogP contribution in [0.1, 0.15) is 17.9 Å². The third-order valence-electron chi connectivity index (χ3n) is 4.80. The number of amides is 1. The molecular formula is C22H21FN2O3. The average Bonchev–Trinajstić information content (AvgIpc) is 3.19. The molecular weight excluding hydrogens is 359 g/mol. The average molecular weight is 380 g/mol. The first kappa shape index (κ1) is 18.2. The summed E-state index contributed by atoms with van der Waals surface area (Å²) in [5, 5.41) is 2.95. The largest absolute Gasteiger partial charge is 0.493 e. The topological polar surface area (TPSA) is 64.4 Å². The van der Waals surface area contributed by atoms with E-state index in [0.29, 0.717) is 36.8 Å². The molecule has 5 nitrogen and oxygen atoms in total. The maximum atomic E-state index is 13.8. The van der Waals surface area contributed by atoms with Crippen LogP contribution in [-0.4, -0.2) is 24.0 Å². The zero-order valence-electron chi connectivity index (χ0n) is 15.4. The van der Waals surface area contributed by atoms with Gasteiger partial charge in [0, 0.05) is 25.3 Å². The predicted molar refractivity (Wildman–Crippen MR) is 102 cm³/mol. The van der Waals surface area contributed by atoms with Crippen molar-refractivity contribution in [1.82, 2.24) is 10.3 Å². The molecule has 1 N–H and O–H groups in total. The number of aromatic nitrogens is 1. The second-order valence-electron chi connectivity index (χ2n) is 6.89. The molecule has 0 aliphatic carbocycles. The number of ether oxygens (including phenoxy) is 1. The van der Waals surface area contributed by atoms with Gasteiger partial charge < -0.3 is 14.5 Å². The number of fused-ring (bicyclic) bond motifs is 1. The van der Waals surface area contributed by atoms with E-state index in [0.717, 1.165) is 12.2 Å². The van der Waals surface area contributed by atoms with E-state index in [1.807, 2.05) is 18.2 Å². The quantitative estimate of drug-likeness (QED) is 0.707. The van der Waals surface area contributed by atoms with Gasteiger partial charge in [0.05, 0.1) is 18.4 Å². The van der Waals surface area contributed by atoms with E-state index in [1.54, 1.807) is 18.2 Å². The van der Waals surface area contributed by atoms with Crippen molar-refractivity contribution in [2.45, 2.75) is 19.3 Å². The van der Waals surface area contributed by atoms with Crippen molar-refractivity contribution in [3.8, 4) is 17.1 Å². The Bertz CT molecular complexity index is 970. The summed E-state index contributed by atoms with van der Waals surface area (Å²) in [5.41, 5.74) is 1.54. The van der Waals surface area contributed by atoms with Gasteiger partial charge in [-0.3, -0.25) is 4.79 Å². The highest BCUT2D eigenvalue weighted by atomic mass is 19.1. The molecule has 0 radical (unpaired) electrons. The molecule has 1 aliphatic rings. The lowest BCUT2D eigenvalue weighted by atomic mass is 9.97. The fourth-order valence-corrected chi connectivity index (χ4v) is 3.30. The molecule has 1 unspecified atom stereocenters. The van der Waals surface area contributed by atoms with Gasteiger partial charge in [0.2, 0.25) is 5.91 Å². The van der Waals surface area contributed by atoms with Crippen LogP contribution in [0.4, 0.5) is 4.39 Å². The summed E-state index contributed by atoms with van der Waals surface area (Å²) in [5.74, 6) is 1.55. The second kappa shape index (κ2) is 8.25. The summed E-state index contributed by atoms with van der Waals surface area (Å²) >= 11 is 0. The van der Waals surface area contributed by atoms with Gasteiger partial charge in [0.15, 0.2) is 11.7 Å².